The van der Waals surface area contributed by atoms with Crippen molar-refractivity contribution in [2.75, 3.05) is 18.9 Å². The normalized spacial score (nSPS) is 12.7. The van der Waals surface area contributed by atoms with E-state index < -0.39 is 21.7 Å². The van der Waals surface area contributed by atoms with Gasteiger partial charge in [-0.1, -0.05) is 30.7 Å². The van der Waals surface area contributed by atoms with Crippen LogP contribution in [0.3, 0.4) is 0 Å². The molecule has 26 heavy (non-hydrogen) atoms. The van der Waals surface area contributed by atoms with Gasteiger partial charge in [-0.05, 0) is 11.6 Å². The minimum absolute atomic E-state index is 0.0339. The summed E-state index contributed by atoms with van der Waals surface area (Å²) in [5.74, 6) is -3.50. The van der Waals surface area contributed by atoms with E-state index in [0.717, 1.165) is 0 Å². The fraction of sp³-hybridized carbons (Fsp3) is 0.333. The summed E-state index contributed by atoms with van der Waals surface area (Å²) in [5.41, 5.74) is 0.157. The monoisotopic (exact) mass is 407 g/mol. The summed E-state index contributed by atoms with van der Waals surface area (Å²) in [5, 5.41) is -0.0339. The zero-order valence-electron chi connectivity index (χ0n) is 14.0. The second-order valence-electron chi connectivity index (χ2n) is 5.14. The predicted molar refractivity (Wildman–Crippen MR) is 92.7 cm³/mol. The average Bonchev–Trinajstić information content (AvgIpc) is 2.62. The zero-order chi connectivity index (χ0) is 19.5. The fourth-order valence-corrected chi connectivity index (χ4v) is 3.05. The number of benzene rings is 1. The third-order valence-electron chi connectivity index (χ3n) is 3.49. The van der Waals surface area contributed by atoms with Crippen LogP contribution in [-0.4, -0.2) is 38.4 Å². The van der Waals surface area contributed by atoms with E-state index in [0.29, 0.717) is 5.56 Å². The van der Waals surface area contributed by atoms with Gasteiger partial charge in [0.15, 0.2) is 0 Å². The van der Waals surface area contributed by atoms with Gasteiger partial charge in [0.2, 0.25) is 11.8 Å². The van der Waals surface area contributed by atoms with Gasteiger partial charge in [-0.3, -0.25) is 4.72 Å². The summed E-state index contributed by atoms with van der Waals surface area (Å²) < 4.78 is 60.6. The zero-order valence-corrected chi connectivity index (χ0v) is 15.6. The van der Waals surface area contributed by atoms with E-state index in [9.17, 15) is 17.2 Å². The predicted octanol–water partition coefficient (Wildman–Crippen LogP) is 3.26. The molecule has 11 heteroatoms. The van der Waals surface area contributed by atoms with Crippen molar-refractivity contribution in [3.05, 3.63) is 40.7 Å². The molecular formula is C15H16ClF2N3O4S. The van der Waals surface area contributed by atoms with Gasteiger partial charge in [0.05, 0.1) is 31.0 Å². The summed E-state index contributed by atoms with van der Waals surface area (Å²) >= 11 is 6.03. The highest BCUT2D eigenvalue weighted by atomic mass is 35.5. The topological polar surface area (TPSA) is 90.4 Å². The van der Waals surface area contributed by atoms with Crippen LogP contribution in [0.5, 0.6) is 11.8 Å². The highest BCUT2D eigenvalue weighted by molar-refractivity contribution is 7.93. The second kappa shape index (κ2) is 8.00. The molecule has 0 aliphatic rings. The number of ether oxygens (including phenoxy) is 2. The van der Waals surface area contributed by atoms with Gasteiger partial charge < -0.3 is 9.47 Å². The second-order valence-corrected chi connectivity index (χ2v) is 7.20. The van der Waals surface area contributed by atoms with Crippen LogP contribution in [0.2, 0.25) is 5.02 Å². The summed E-state index contributed by atoms with van der Waals surface area (Å²) in [7, 11) is -2.07. The number of nitrogens with zero attached hydrogens (tertiary/aromatic N) is 2. The third-order valence-corrected chi connectivity index (χ3v) is 4.77. The highest BCUT2D eigenvalue weighted by Crippen LogP contribution is 2.35. The largest absolute Gasteiger partial charge is 0.481 e. The molecule has 0 bridgehead atoms. The number of methoxy groups -OCH3 is 2. The molecule has 1 N–H and O–H groups in total. The van der Waals surface area contributed by atoms with Crippen LogP contribution in [0.15, 0.2) is 24.3 Å². The maximum absolute atomic E-state index is 12.7. The number of hydrogen-bond acceptors (Lipinski definition) is 6. The molecule has 1 heterocycles. The Morgan fingerprint density at radius 1 is 1.15 bits per heavy atom. The molecule has 1 aromatic carbocycles. The Hall–Kier alpha value is -2.20. The van der Waals surface area contributed by atoms with Crippen molar-refractivity contribution in [2.24, 2.45) is 0 Å². The van der Waals surface area contributed by atoms with Crippen molar-refractivity contribution in [3.63, 3.8) is 0 Å². The van der Waals surface area contributed by atoms with Gasteiger partial charge in [-0.25, -0.2) is 8.42 Å². The lowest BCUT2D eigenvalue weighted by Crippen LogP contribution is -2.22. The first-order valence-electron chi connectivity index (χ1n) is 7.24. The van der Waals surface area contributed by atoms with E-state index in [1.54, 1.807) is 13.0 Å². The molecule has 1 atom stereocenters. The molecular weight excluding hydrogens is 392 g/mol. The van der Waals surface area contributed by atoms with Crippen LogP contribution in [0.1, 0.15) is 24.2 Å². The molecule has 2 rings (SSSR count). The van der Waals surface area contributed by atoms with E-state index >= 15 is 0 Å². The van der Waals surface area contributed by atoms with Crippen molar-refractivity contribution in [2.45, 2.75) is 18.6 Å². The number of nitrogens with one attached hydrogen (secondary N) is 1. The lowest BCUT2D eigenvalue weighted by atomic mass is 9.98. The van der Waals surface area contributed by atoms with Crippen molar-refractivity contribution in [1.29, 1.82) is 0 Å². The number of rotatable bonds is 7. The number of sulfonamides is 1. The molecule has 1 unspecified atom stereocenters. The molecule has 1 aromatic heterocycles. The molecule has 142 valence electrons. The minimum Gasteiger partial charge on any atom is -0.481 e. The maximum Gasteiger partial charge on any atom is 0.355 e. The standard InChI is InChI=1S/C15H16ClF2N3O4S/c1-8(14-19-11(24-2)7-12(20-14)25-3)9-5-4-6-10(16)13(9)21-26(22,23)15(17)18/h4-8,15,21H,1-3H3. The van der Waals surface area contributed by atoms with Crippen molar-refractivity contribution < 1.29 is 26.7 Å². The van der Waals surface area contributed by atoms with Crippen molar-refractivity contribution in [3.8, 4) is 11.8 Å². The van der Waals surface area contributed by atoms with Gasteiger partial charge >= 0.3 is 5.76 Å². The van der Waals surface area contributed by atoms with Crippen LogP contribution in [0, 0.1) is 0 Å². The van der Waals surface area contributed by atoms with Crippen LogP contribution in [-0.2, 0) is 10.0 Å². The van der Waals surface area contributed by atoms with Gasteiger partial charge in [0.1, 0.15) is 5.82 Å². The first kappa shape index (κ1) is 20.1. The van der Waals surface area contributed by atoms with Gasteiger partial charge in [0, 0.05) is 5.92 Å². The Bertz CT molecular complexity index is 874. The SMILES string of the molecule is COc1cc(OC)nc(C(C)c2cccc(Cl)c2NS(=O)(=O)C(F)F)n1. The molecule has 0 aliphatic carbocycles. The van der Waals surface area contributed by atoms with E-state index in [1.165, 1.54) is 32.4 Å². The number of anilines is 1. The van der Waals surface area contributed by atoms with Crippen LogP contribution in [0.25, 0.3) is 0 Å². The lowest BCUT2D eigenvalue weighted by molar-refractivity contribution is 0.236. The summed E-state index contributed by atoms with van der Waals surface area (Å²) in [6, 6.07) is 5.95. The van der Waals surface area contributed by atoms with Gasteiger partial charge in [-0.15, -0.1) is 0 Å². The Morgan fingerprint density at radius 2 is 1.73 bits per heavy atom. The molecule has 0 aliphatic heterocycles. The van der Waals surface area contributed by atoms with E-state index in [2.05, 4.69) is 9.97 Å². The van der Waals surface area contributed by atoms with Gasteiger partial charge in [0.25, 0.3) is 10.0 Å². The van der Waals surface area contributed by atoms with E-state index in [1.807, 2.05) is 4.72 Å². The number of aromatic nitrogens is 2. The Kier molecular flexibility index (Phi) is 6.19. The third kappa shape index (κ3) is 4.31. The molecule has 0 saturated heterocycles. The highest BCUT2D eigenvalue weighted by Gasteiger charge is 2.28. The molecule has 0 radical (unpaired) electrons. The lowest BCUT2D eigenvalue weighted by Gasteiger charge is -2.18. The first-order valence-corrected chi connectivity index (χ1v) is 9.17. The van der Waals surface area contributed by atoms with Gasteiger partial charge in [-0.2, -0.15) is 18.7 Å². The number of hydrogen-bond donors (Lipinski definition) is 1. The average molecular weight is 408 g/mol. The minimum atomic E-state index is -4.90. The number of halogens is 3. The number of para-hydroxylation sites is 1. The van der Waals surface area contributed by atoms with Crippen molar-refractivity contribution >= 4 is 27.3 Å². The molecule has 0 spiro atoms. The molecule has 7 nitrogen and oxygen atoms in total. The van der Waals surface area contributed by atoms with E-state index in [4.69, 9.17) is 21.1 Å². The van der Waals surface area contributed by atoms with E-state index in [-0.39, 0.29) is 28.3 Å². The quantitative estimate of drug-likeness (QED) is 0.757. The Morgan fingerprint density at radius 3 is 2.23 bits per heavy atom. The molecule has 0 fully saturated rings. The smallest absolute Gasteiger partial charge is 0.355 e. The summed E-state index contributed by atoms with van der Waals surface area (Å²) in [6.07, 6.45) is 0. The first-order chi connectivity index (χ1) is 12.2. The molecule has 0 amide bonds. The van der Waals surface area contributed by atoms with Crippen molar-refractivity contribution in [1.82, 2.24) is 9.97 Å². The fourth-order valence-electron chi connectivity index (χ4n) is 2.16. The van der Waals surface area contributed by atoms with Crippen LogP contribution in [0.4, 0.5) is 14.5 Å². The maximum atomic E-state index is 12.7. The summed E-state index contributed by atoms with van der Waals surface area (Å²) in [4.78, 5) is 8.39. The Labute approximate surface area is 154 Å². The molecule has 0 saturated carbocycles. The van der Waals surface area contributed by atoms with Crippen LogP contribution < -0.4 is 14.2 Å². The van der Waals surface area contributed by atoms with Crippen LogP contribution >= 0.6 is 11.6 Å². The molecule has 2 aromatic rings. The number of alkyl halides is 2. The Balaban J connectivity index is 2.54. The summed E-state index contributed by atoms with van der Waals surface area (Å²) in [6.45, 7) is 1.67.